The van der Waals surface area contributed by atoms with Crippen LogP contribution >= 0.6 is 11.6 Å². The molecule has 1 aliphatic heterocycles. The van der Waals surface area contributed by atoms with Gasteiger partial charge in [0.05, 0.1) is 17.7 Å². The normalized spacial score (nSPS) is 15.7. The lowest BCUT2D eigenvalue weighted by Crippen LogP contribution is -2.35. The van der Waals surface area contributed by atoms with E-state index in [0.717, 1.165) is 12.8 Å². The van der Waals surface area contributed by atoms with Crippen LogP contribution < -0.4 is 4.90 Å². The quantitative estimate of drug-likeness (QED) is 0.770. The van der Waals surface area contributed by atoms with Gasteiger partial charge in [-0.2, -0.15) is 0 Å². The van der Waals surface area contributed by atoms with Crippen LogP contribution in [0.3, 0.4) is 0 Å². The number of anilines is 1. The molecule has 6 heteroatoms. The molecular weight excluding hydrogens is 256 g/mol. The molecule has 0 atom stereocenters. The van der Waals surface area contributed by atoms with Crippen LogP contribution in [0.15, 0.2) is 12.3 Å². The minimum atomic E-state index is -0.534. The van der Waals surface area contributed by atoms with Crippen molar-refractivity contribution in [1.82, 2.24) is 4.98 Å². The first kappa shape index (κ1) is 12.8. The van der Waals surface area contributed by atoms with E-state index in [2.05, 4.69) is 9.72 Å². The minimum Gasteiger partial charge on any atom is -0.465 e. The molecular formula is C12H13ClN2O3. The fraction of sp³-hybridized carbons (Fsp3) is 0.417. The van der Waals surface area contributed by atoms with E-state index < -0.39 is 5.97 Å². The van der Waals surface area contributed by atoms with Crippen LogP contribution in [0.4, 0.5) is 5.82 Å². The number of methoxy groups -OCH3 is 1. The van der Waals surface area contributed by atoms with Crippen molar-refractivity contribution in [1.29, 1.82) is 0 Å². The fourth-order valence-electron chi connectivity index (χ4n) is 1.89. The van der Waals surface area contributed by atoms with Gasteiger partial charge in [0.1, 0.15) is 5.82 Å². The Morgan fingerprint density at radius 3 is 2.94 bits per heavy atom. The topological polar surface area (TPSA) is 59.5 Å². The van der Waals surface area contributed by atoms with E-state index in [0.29, 0.717) is 18.8 Å². The number of hydrogen-bond donors (Lipinski definition) is 0. The van der Waals surface area contributed by atoms with Crippen molar-refractivity contribution < 1.29 is 14.3 Å². The van der Waals surface area contributed by atoms with Gasteiger partial charge in [-0.15, -0.1) is 0 Å². The summed E-state index contributed by atoms with van der Waals surface area (Å²) in [5.74, 6) is -0.0653. The molecule has 0 aliphatic carbocycles. The molecule has 1 saturated heterocycles. The molecule has 1 aliphatic rings. The first-order chi connectivity index (χ1) is 8.63. The molecule has 5 nitrogen and oxygen atoms in total. The van der Waals surface area contributed by atoms with Crippen molar-refractivity contribution in [2.45, 2.75) is 19.3 Å². The van der Waals surface area contributed by atoms with E-state index in [1.54, 1.807) is 4.90 Å². The molecule has 1 aromatic heterocycles. The summed E-state index contributed by atoms with van der Waals surface area (Å²) < 4.78 is 4.63. The van der Waals surface area contributed by atoms with E-state index in [9.17, 15) is 9.59 Å². The molecule has 0 unspecified atom stereocenters. The van der Waals surface area contributed by atoms with Gasteiger partial charge in [-0.1, -0.05) is 11.6 Å². The lowest BCUT2D eigenvalue weighted by atomic mass is 10.1. The van der Waals surface area contributed by atoms with E-state index in [4.69, 9.17) is 11.6 Å². The van der Waals surface area contributed by atoms with Crippen molar-refractivity contribution in [3.05, 3.63) is 22.8 Å². The Hall–Kier alpha value is -1.62. The van der Waals surface area contributed by atoms with Crippen LogP contribution in [0.2, 0.25) is 5.02 Å². The summed E-state index contributed by atoms with van der Waals surface area (Å²) in [5, 5.41) is 0.218. The van der Waals surface area contributed by atoms with Crippen LogP contribution in [0, 0.1) is 0 Å². The van der Waals surface area contributed by atoms with Crippen LogP contribution in [0.1, 0.15) is 29.6 Å². The number of ether oxygens (including phenoxy) is 1. The zero-order chi connectivity index (χ0) is 13.1. The molecule has 1 amide bonds. The van der Waals surface area contributed by atoms with E-state index >= 15 is 0 Å². The summed E-state index contributed by atoms with van der Waals surface area (Å²) in [6, 6.07) is 1.50. The molecule has 2 heterocycles. The number of carbonyl (C=O) groups excluding carboxylic acids is 2. The third-order valence-corrected chi connectivity index (χ3v) is 3.15. The highest BCUT2D eigenvalue weighted by atomic mass is 35.5. The molecule has 1 fully saturated rings. The smallest absolute Gasteiger partial charge is 0.339 e. The third kappa shape index (κ3) is 2.46. The highest BCUT2D eigenvalue weighted by Crippen LogP contribution is 2.24. The second-order valence-electron chi connectivity index (χ2n) is 4.02. The van der Waals surface area contributed by atoms with E-state index in [1.165, 1.54) is 19.4 Å². The van der Waals surface area contributed by atoms with Gasteiger partial charge in [0, 0.05) is 19.2 Å². The van der Waals surface area contributed by atoms with Crippen molar-refractivity contribution in [3.63, 3.8) is 0 Å². The number of hydrogen-bond acceptors (Lipinski definition) is 4. The number of carbonyl (C=O) groups is 2. The Morgan fingerprint density at radius 2 is 2.28 bits per heavy atom. The highest BCUT2D eigenvalue weighted by Gasteiger charge is 2.22. The lowest BCUT2D eigenvalue weighted by Gasteiger charge is -2.26. The number of esters is 1. The number of rotatable bonds is 2. The second kappa shape index (κ2) is 5.35. The lowest BCUT2D eigenvalue weighted by molar-refractivity contribution is -0.119. The molecule has 0 spiro atoms. The predicted octanol–water partition coefficient (Wildman–Crippen LogP) is 2.04. The Balaban J connectivity index is 2.34. The molecule has 1 aromatic rings. The van der Waals surface area contributed by atoms with Gasteiger partial charge in [-0.3, -0.25) is 9.69 Å². The summed E-state index contributed by atoms with van der Waals surface area (Å²) >= 11 is 5.88. The first-order valence-corrected chi connectivity index (χ1v) is 6.05. The average Bonchev–Trinajstić information content (AvgIpc) is 2.39. The molecule has 0 N–H and O–H groups in total. The van der Waals surface area contributed by atoms with Crippen LogP contribution in [0.25, 0.3) is 0 Å². The van der Waals surface area contributed by atoms with Gasteiger partial charge in [-0.05, 0) is 18.9 Å². The van der Waals surface area contributed by atoms with Crippen LogP contribution in [0.5, 0.6) is 0 Å². The number of halogens is 1. The second-order valence-corrected chi connectivity index (χ2v) is 4.42. The molecule has 0 bridgehead atoms. The first-order valence-electron chi connectivity index (χ1n) is 5.67. The van der Waals surface area contributed by atoms with Crippen molar-refractivity contribution in [2.24, 2.45) is 0 Å². The predicted molar refractivity (Wildman–Crippen MR) is 66.8 cm³/mol. The molecule has 0 saturated carbocycles. The third-order valence-electron chi connectivity index (χ3n) is 2.85. The number of amides is 1. The van der Waals surface area contributed by atoms with Crippen molar-refractivity contribution in [3.8, 4) is 0 Å². The van der Waals surface area contributed by atoms with E-state index in [1.807, 2.05) is 0 Å². The summed E-state index contributed by atoms with van der Waals surface area (Å²) in [6.45, 7) is 0.619. The van der Waals surface area contributed by atoms with Gasteiger partial charge in [0.2, 0.25) is 5.91 Å². The Morgan fingerprint density at radius 1 is 1.50 bits per heavy atom. The molecule has 0 radical (unpaired) electrons. The molecule has 18 heavy (non-hydrogen) atoms. The van der Waals surface area contributed by atoms with Gasteiger partial charge >= 0.3 is 5.97 Å². The fourth-order valence-corrected chi connectivity index (χ4v) is 2.07. The van der Waals surface area contributed by atoms with Crippen molar-refractivity contribution >= 4 is 29.3 Å². The highest BCUT2D eigenvalue weighted by molar-refractivity contribution is 6.33. The van der Waals surface area contributed by atoms with Crippen molar-refractivity contribution in [2.75, 3.05) is 18.6 Å². The van der Waals surface area contributed by atoms with Gasteiger partial charge < -0.3 is 4.74 Å². The largest absolute Gasteiger partial charge is 0.465 e. The maximum absolute atomic E-state index is 11.8. The zero-order valence-electron chi connectivity index (χ0n) is 9.98. The minimum absolute atomic E-state index is 0.0203. The Labute approximate surface area is 110 Å². The van der Waals surface area contributed by atoms with Gasteiger partial charge in [0.15, 0.2) is 0 Å². The van der Waals surface area contributed by atoms with Gasteiger partial charge in [-0.25, -0.2) is 9.78 Å². The maximum atomic E-state index is 11.8. The maximum Gasteiger partial charge on any atom is 0.339 e. The zero-order valence-corrected chi connectivity index (χ0v) is 10.7. The average molecular weight is 269 g/mol. The SMILES string of the molecule is COC(=O)c1cc(N2CCCCC2=O)ncc1Cl. The number of nitrogens with zero attached hydrogens (tertiary/aromatic N) is 2. The van der Waals surface area contributed by atoms with Gasteiger partial charge in [0.25, 0.3) is 0 Å². The summed E-state index contributed by atoms with van der Waals surface area (Å²) in [5.41, 5.74) is 0.225. The number of aromatic nitrogens is 1. The van der Waals surface area contributed by atoms with Crippen LogP contribution in [-0.4, -0.2) is 30.5 Å². The summed E-state index contributed by atoms with van der Waals surface area (Å²) in [6.07, 6.45) is 3.71. The number of piperidine rings is 1. The van der Waals surface area contributed by atoms with Crippen LogP contribution in [-0.2, 0) is 9.53 Å². The summed E-state index contributed by atoms with van der Waals surface area (Å²) in [4.78, 5) is 29.0. The Kier molecular flexibility index (Phi) is 3.81. The number of pyridine rings is 1. The monoisotopic (exact) mass is 268 g/mol. The Bertz CT molecular complexity index is 490. The molecule has 96 valence electrons. The van der Waals surface area contributed by atoms with E-state index in [-0.39, 0.29) is 16.5 Å². The summed E-state index contributed by atoms with van der Waals surface area (Å²) in [7, 11) is 1.28. The molecule has 2 rings (SSSR count). The molecule has 0 aromatic carbocycles. The standard InChI is InChI=1S/C12H13ClN2O3/c1-18-12(17)8-6-10(14-7-9(8)13)15-5-3-2-4-11(15)16/h6-7H,2-5H2,1H3.